The minimum atomic E-state index is -0.291. The number of fused-ring (bicyclic) bond motifs is 4. The molecule has 0 N–H and O–H groups in total. The first-order chi connectivity index (χ1) is 16.6. The van der Waals surface area contributed by atoms with Gasteiger partial charge < -0.3 is 0 Å². The number of carbonyl (C=O) groups excluding carboxylic acids is 2. The number of aromatic nitrogens is 4. The topological polar surface area (TPSA) is 93.3 Å². The zero-order valence-corrected chi connectivity index (χ0v) is 18.6. The van der Waals surface area contributed by atoms with Crippen LogP contribution in [-0.2, 0) is 13.0 Å². The molecule has 2 amide bonds. The smallest absolute Gasteiger partial charge is 0.261 e. The van der Waals surface area contributed by atoms with E-state index in [9.17, 15) is 9.59 Å². The molecule has 0 radical (unpaired) electrons. The average Bonchev–Trinajstić information content (AvgIpc) is 3.32. The highest BCUT2D eigenvalue weighted by molar-refractivity contribution is 6.31. The number of benzene rings is 2. The molecule has 0 spiro atoms. The highest BCUT2D eigenvalue weighted by Crippen LogP contribution is 2.29. The van der Waals surface area contributed by atoms with Crippen molar-refractivity contribution in [3.05, 3.63) is 106 Å². The molecule has 0 fully saturated rings. The fraction of sp³-hybridized carbons (Fsp3) is 0.120. The van der Waals surface area contributed by atoms with Crippen molar-refractivity contribution in [1.82, 2.24) is 24.6 Å². The number of amides is 2. The van der Waals surface area contributed by atoms with E-state index in [1.807, 2.05) is 41.0 Å². The summed E-state index contributed by atoms with van der Waals surface area (Å²) in [5, 5.41) is 9.27. The van der Waals surface area contributed by atoms with Crippen LogP contribution in [0.1, 0.15) is 43.6 Å². The van der Waals surface area contributed by atoms with Gasteiger partial charge in [0.25, 0.3) is 11.8 Å². The second-order valence-corrected chi connectivity index (χ2v) is 8.40. The van der Waals surface area contributed by atoms with Gasteiger partial charge in [-0.15, -0.1) is 10.2 Å². The lowest BCUT2D eigenvalue weighted by Gasteiger charge is -2.16. The monoisotopic (exact) mass is 468 g/mol. The van der Waals surface area contributed by atoms with Crippen molar-refractivity contribution in [1.29, 1.82) is 0 Å². The standard InChI is InChI=1S/C25H17ClN6O2/c26-15-8-9-18-20(13-15)32-21(10-12-31-24(33)16-5-1-2-6-17(16)25(31)34)29-30-22(32)14-28-23(18)19-7-3-4-11-27-19/h1-9,11,13H,10,12,14H2. The Kier molecular flexibility index (Phi) is 4.81. The number of hydrogen-bond donors (Lipinski definition) is 0. The summed E-state index contributed by atoms with van der Waals surface area (Å²) in [4.78, 5) is 36.1. The largest absolute Gasteiger partial charge is 0.281 e. The maximum atomic E-state index is 12.8. The van der Waals surface area contributed by atoms with E-state index >= 15 is 0 Å². The molecule has 0 atom stereocenters. The van der Waals surface area contributed by atoms with Gasteiger partial charge in [0, 0.05) is 29.7 Å². The number of pyridine rings is 1. The molecule has 9 heteroatoms. The van der Waals surface area contributed by atoms with Crippen molar-refractivity contribution < 1.29 is 9.59 Å². The van der Waals surface area contributed by atoms with Gasteiger partial charge in [-0.2, -0.15) is 0 Å². The highest BCUT2D eigenvalue weighted by atomic mass is 35.5. The molecule has 0 aliphatic carbocycles. The van der Waals surface area contributed by atoms with E-state index in [0.29, 0.717) is 40.8 Å². The number of hydrogen-bond acceptors (Lipinski definition) is 6. The van der Waals surface area contributed by atoms with Gasteiger partial charge in [-0.05, 0) is 42.5 Å². The van der Waals surface area contributed by atoms with Crippen LogP contribution in [0.2, 0.25) is 5.02 Å². The lowest BCUT2D eigenvalue weighted by molar-refractivity contribution is 0.0655. The van der Waals surface area contributed by atoms with E-state index in [2.05, 4.69) is 15.2 Å². The predicted octanol–water partition coefficient (Wildman–Crippen LogP) is 3.51. The van der Waals surface area contributed by atoms with Crippen LogP contribution in [0.4, 0.5) is 0 Å². The van der Waals surface area contributed by atoms with Gasteiger partial charge in [-0.25, -0.2) is 0 Å². The van der Waals surface area contributed by atoms with Crippen molar-refractivity contribution in [3.8, 4) is 5.69 Å². The second kappa shape index (κ2) is 8.00. The summed E-state index contributed by atoms with van der Waals surface area (Å²) in [6.45, 7) is 0.493. The van der Waals surface area contributed by atoms with Gasteiger partial charge in [-0.1, -0.05) is 29.8 Å². The number of rotatable bonds is 4. The SMILES string of the molecule is O=C1c2ccccc2C(=O)N1CCc1nnc2n1-c1cc(Cl)ccc1C(c1ccccn1)=NC2. The molecule has 34 heavy (non-hydrogen) atoms. The van der Waals surface area contributed by atoms with Crippen LogP contribution < -0.4 is 0 Å². The Hall–Kier alpha value is -4.17. The van der Waals surface area contributed by atoms with Gasteiger partial charge in [0.05, 0.1) is 28.2 Å². The van der Waals surface area contributed by atoms with Gasteiger partial charge in [0.2, 0.25) is 0 Å². The van der Waals surface area contributed by atoms with Crippen molar-refractivity contribution in [2.45, 2.75) is 13.0 Å². The van der Waals surface area contributed by atoms with Gasteiger partial charge in [0.15, 0.2) is 5.82 Å². The summed E-state index contributed by atoms with van der Waals surface area (Å²) in [6, 6.07) is 18.1. The number of carbonyl (C=O) groups is 2. The number of nitrogens with zero attached hydrogens (tertiary/aromatic N) is 6. The molecule has 166 valence electrons. The van der Waals surface area contributed by atoms with E-state index in [-0.39, 0.29) is 18.4 Å². The van der Waals surface area contributed by atoms with Crippen LogP contribution in [0.3, 0.4) is 0 Å². The van der Waals surface area contributed by atoms with Gasteiger partial charge in [-0.3, -0.25) is 29.0 Å². The molecule has 2 aliphatic heterocycles. The molecule has 2 aliphatic rings. The summed E-state index contributed by atoms with van der Waals surface area (Å²) >= 11 is 6.37. The normalized spacial score (nSPS) is 14.4. The van der Waals surface area contributed by atoms with Crippen molar-refractivity contribution in [3.63, 3.8) is 0 Å². The van der Waals surface area contributed by atoms with Crippen molar-refractivity contribution >= 4 is 29.1 Å². The van der Waals surface area contributed by atoms with E-state index in [1.54, 1.807) is 30.5 Å². The molecule has 0 unspecified atom stereocenters. The molecule has 4 heterocycles. The Morgan fingerprint density at radius 1 is 0.882 bits per heavy atom. The molecular weight excluding hydrogens is 452 g/mol. The fourth-order valence-electron chi connectivity index (χ4n) is 4.40. The first-order valence-electron chi connectivity index (χ1n) is 10.8. The molecule has 2 aromatic carbocycles. The van der Waals surface area contributed by atoms with Crippen molar-refractivity contribution in [2.24, 2.45) is 4.99 Å². The minimum absolute atomic E-state index is 0.189. The third kappa shape index (κ3) is 3.22. The highest BCUT2D eigenvalue weighted by Gasteiger charge is 2.35. The molecule has 0 bridgehead atoms. The molecule has 8 nitrogen and oxygen atoms in total. The van der Waals surface area contributed by atoms with Gasteiger partial charge in [0.1, 0.15) is 12.4 Å². The number of imide groups is 1. The lowest BCUT2D eigenvalue weighted by Crippen LogP contribution is -2.32. The quantitative estimate of drug-likeness (QED) is 0.427. The molecular formula is C25H17ClN6O2. The van der Waals surface area contributed by atoms with Crippen molar-refractivity contribution in [2.75, 3.05) is 6.54 Å². The Bertz CT molecular complexity index is 1460. The Labute approximate surface area is 199 Å². The Morgan fingerprint density at radius 2 is 1.65 bits per heavy atom. The lowest BCUT2D eigenvalue weighted by atomic mass is 10.0. The van der Waals surface area contributed by atoms with Crippen LogP contribution in [0.15, 0.2) is 71.9 Å². The second-order valence-electron chi connectivity index (χ2n) is 7.97. The fourth-order valence-corrected chi connectivity index (χ4v) is 4.56. The van der Waals surface area contributed by atoms with Crippen LogP contribution in [0, 0.1) is 0 Å². The summed E-state index contributed by atoms with van der Waals surface area (Å²) in [5.41, 5.74) is 3.98. The van der Waals surface area contributed by atoms with E-state index in [4.69, 9.17) is 16.6 Å². The molecule has 0 saturated heterocycles. The zero-order chi connectivity index (χ0) is 23.2. The van der Waals surface area contributed by atoms with Crippen LogP contribution in [0.25, 0.3) is 5.69 Å². The van der Waals surface area contributed by atoms with E-state index in [0.717, 1.165) is 22.7 Å². The number of halogens is 1. The van der Waals surface area contributed by atoms with Gasteiger partial charge >= 0.3 is 0 Å². The average molecular weight is 469 g/mol. The minimum Gasteiger partial charge on any atom is -0.281 e. The van der Waals surface area contributed by atoms with E-state index < -0.39 is 0 Å². The van der Waals surface area contributed by atoms with Crippen LogP contribution >= 0.6 is 11.6 Å². The third-order valence-corrected chi connectivity index (χ3v) is 6.21. The van der Waals surface area contributed by atoms with Crippen LogP contribution in [0.5, 0.6) is 0 Å². The maximum absolute atomic E-state index is 12.8. The predicted molar refractivity (Wildman–Crippen MR) is 125 cm³/mol. The maximum Gasteiger partial charge on any atom is 0.261 e. The summed E-state index contributed by atoms with van der Waals surface area (Å²) in [7, 11) is 0. The Balaban J connectivity index is 1.36. The van der Waals surface area contributed by atoms with E-state index in [1.165, 1.54) is 4.90 Å². The summed E-state index contributed by atoms with van der Waals surface area (Å²) in [5.74, 6) is 0.681. The molecule has 2 aromatic heterocycles. The molecule has 6 rings (SSSR count). The molecule has 4 aromatic rings. The first kappa shape index (κ1) is 20.4. The van der Waals surface area contributed by atoms with Crippen LogP contribution in [-0.4, -0.2) is 48.7 Å². The summed E-state index contributed by atoms with van der Waals surface area (Å²) in [6.07, 6.45) is 2.06. The number of aliphatic imine (C=N–C) groups is 1. The molecule has 0 saturated carbocycles. The summed E-state index contributed by atoms with van der Waals surface area (Å²) < 4.78 is 1.92. The zero-order valence-electron chi connectivity index (χ0n) is 17.8. The third-order valence-electron chi connectivity index (χ3n) is 5.98. The Morgan fingerprint density at radius 3 is 2.38 bits per heavy atom. The first-order valence-corrected chi connectivity index (χ1v) is 11.1.